The van der Waals surface area contributed by atoms with Crippen LogP contribution in [0.15, 0.2) is 0 Å². The third kappa shape index (κ3) is 1.91. The zero-order valence-corrected chi connectivity index (χ0v) is 6.26. The van der Waals surface area contributed by atoms with Crippen molar-refractivity contribution in [3.8, 4) is 0 Å². The van der Waals surface area contributed by atoms with Gasteiger partial charge in [0.15, 0.2) is 0 Å². The lowest BCUT2D eigenvalue weighted by atomic mass is 10.1. The summed E-state index contributed by atoms with van der Waals surface area (Å²) < 4.78 is 5.33. The first kappa shape index (κ1) is 7.94. The van der Waals surface area contributed by atoms with E-state index in [0.717, 1.165) is 13.1 Å². The van der Waals surface area contributed by atoms with Crippen LogP contribution in [0.25, 0.3) is 0 Å². The maximum absolute atomic E-state index is 5.62. The molecule has 1 atom stereocenters. The topological polar surface area (TPSA) is 73.3 Å². The maximum Gasteiger partial charge on any atom is 0.101 e. The molecule has 1 aliphatic rings. The molecule has 60 valence electrons. The number of nitrogens with two attached hydrogens (primary N) is 2. The SMILES string of the molecule is CC(N)(N)C1CNCCO1. The van der Waals surface area contributed by atoms with Gasteiger partial charge in [-0.25, -0.2) is 0 Å². The monoisotopic (exact) mass is 145 g/mol. The van der Waals surface area contributed by atoms with Gasteiger partial charge < -0.3 is 21.5 Å². The van der Waals surface area contributed by atoms with Crippen LogP contribution in [-0.4, -0.2) is 31.5 Å². The van der Waals surface area contributed by atoms with Crippen LogP contribution >= 0.6 is 0 Å². The van der Waals surface area contributed by atoms with Crippen LogP contribution in [-0.2, 0) is 4.74 Å². The Labute approximate surface area is 60.9 Å². The molecule has 1 fully saturated rings. The molecule has 0 saturated carbocycles. The molecule has 1 unspecified atom stereocenters. The normalized spacial score (nSPS) is 28.5. The van der Waals surface area contributed by atoms with Crippen LogP contribution in [0.5, 0.6) is 0 Å². The Morgan fingerprint density at radius 2 is 2.30 bits per heavy atom. The highest BCUT2D eigenvalue weighted by Crippen LogP contribution is 2.05. The summed E-state index contributed by atoms with van der Waals surface area (Å²) in [7, 11) is 0. The third-order valence-electron chi connectivity index (χ3n) is 1.62. The number of nitrogens with one attached hydrogen (secondary N) is 1. The van der Waals surface area contributed by atoms with E-state index in [2.05, 4.69) is 5.32 Å². The van der Waals surface area contributed by atoms with Gasteiger partial charge in [-0.2, -0.15) is 0 Å². The molecule has 1 aliphatic heterocycles. The predicted octanol–water partition coefficient (Wildman–Crippen LogP) is -1.39. The Morgan fingerprint density at radius 3 is 2.60 bits per heavy atom. The van der Waals surface area contributed by atoms with E-state index in [1.54, 1.807) is 6.92 Å². The maximum atomic E-state index is 5.62. The molecular formula is C6H15N3O. The molecule has 0 aromatic heterocycles. The van der Waals surface area contributed by atoms with Crippen LogP contribution in [0.4, 0.5) is 0 Å². The molecule has 0 spiro atoms. The van der Waals surface area contributed by atoms with Gasteiger partial charge in [0.25, 0.3) is 0 Å². The summed E-state index contributed by atoms with van der Waals surface area (Å²) in [5.41, 5.74) is 10.5. The van der Waals surface area contributed by atoms with Gasteiger partial charge in [-0.3, -0.25) is 0 Å². The minimum absolute atomic E-state index is 0.0544. The zero-order valence-electron chi connectivity index (χ0n) is 6.26. The molecule has 4 nitrogen and oxygen atoms in total. The van der Waals surface area contributed by atoms with Gasteiger partial charge in [0.05, 0.1) is 12.3 Å². The van der Waals surface area contributed by atoms with E-state index in [1.807, 2.05) is 0 Å². The van der Waals surface area contributed by atoms with Crippen LogP contribution in [0.2, 0.25) is 0 Å². The first-order valence-electron chi connectivity index (χ1n) is 3.51. The van der Waals surface area contributed by atoms with E-state index < -0.39 is 5.66 Å². The Bertz CT molecular complexity index is 104. The number of rotatable bonds is 1. The molecule has 1 rings (SSSR count). The standard InChI is InChI=1S/C6H15N3O/c1-6(7,8)5-4-9-2-3-10-5/h5,9H,2-4,7-8H2,1H3. The Hall–Kier alpha value is -0.160. The number of hydrogen-bond acceptors (Lipinski definition) is 4. The average molecular weight is 145 g/mol. The summed E-state index contributed by atoms with van der Waals surface area (Å²) >= 11 is 0. The molecule has 0 aromatic carbocycles. The Balaban J connectivity index is 2.39. The van der Waals surface area contributed by atoms with Gasteiger partial charge in [-0.15, -0.1) is 0 Å². The molecule has 0 radical (unpaired) electrons. The van der Waals surface area contributed by atoms with Crippen molar-refractivity contribution >= 4 is 0 Å². The predicted molar refractivity (Wildman–Crippen MR) is 39.4 cm³/mol. The van der Waals surface area contributed by atoms with Crippen molar-refractivity contribution in [2.24, 2.45) is 11.5 Å². The summed E-state index contributed by atoms with van der Waals surface area (Å²) in [6, 6.07) is 0. The second-order valence-corrected chi connectivity index (χ2v) is 2.93. The minimum atomic E-state index is -0.715. The molecule has 0 bridgehead atoms. The van der Waals surface area contributed by atoms with E-state index in [0.29, 0.717) is 6.61 Å². The highest BCUT2D eigenvalue weighted by Gasteiger charge is 2.27. The molecule has 1 saturated heterocycles. The van der Waals surface area contributed by atoms with E-state index in [-0.39, 0.29) is 6.10 Å². The molecule has 0 aromatic rings. The summed E-state index contributed by atoms with van der Waals surface area (Å²) in [6.07, 6.45) is -0.0544. The summed E-state index contributed by atoms with van der Waals surface area (Å²) in [6.45, 7) is 4.12. The summed E-state index contributed by atoms with van der Waals surface area (Å²) in [5, 5.41) is 3.16. The molecular weight excluding hydrogens is 130 g/mol. The van der Waals surface area contributed by atoms with Crippen LogP contribution in [0, 0.1) is 0 Å². The molecule has 4 heteroatoms. The highest BCUT2D eigenvalue weighted by atomic mass is 16.5. The van der Waals surface area contributed by atoms with E-state index in [1.165, 1.54) is 0 Å². The second kappa shape index (κ2) is 2.84. The van der Waals surface area contributed by atoms with Gasteiger partial charge >= 0.3 is 0 Å². The van der Waals surface area contributed by atoms with Crippen molar-refractivity contribution < 1.29 is 4.74 Å². The van der Waals surface area contributed by atoms with Gasteiger partial charge in [0, 0.05) is 13.1 Å². The van der Waals surface area contributed by atoms with Crippen molar-refractivity contribution in [1.29, 1.82) is 0 Å². The number of hydrogen-bond donors (Lipinski definition) is 3. The molecule has 5 N–H and O–H groups in total. The lowest BCUT2D eigenvalue weighted by Gasteiger charge is -2.33. The van der Waals surface area contributed by atoms with Gasteiger partial charge in [0.1, 0.15) is 6.10 Å². The van der Waals surface area contributed by atoms with Gasteiger partial charge in [0.2, 0.25) is 0 Å². The van der Waals surface area contributed by atoms with E-state index >= 15 is 0 Å². The fraction of sp³-hybridized carbons (Fsp3) is 1.00. The fourth-order valence-corrected chi connectivity index (χ4v) is 0.965. The first-order chi connectivity index (χ1) is 4.61. The van der Waals surface area contributed by atoms with Crippen molar-refractivity contribution in [3.05, 3.63) is 0 Å². The lowest BCUT2D eigenvalue weighted by Crippen LogP contribution is -2.62. The Morgan fingerprint density at radius 1 is 1.60 bits per heavy atom. The van der Waals surface area contributed by atoms with E-state index in [4.69, 9.17) is 16.2 Å². The quantitative estimate of drug-likeness (QED) is 0.397. The van der Waals surface area contributed by atoms with Crippen molar-refractivity contribution in [2.45, 2.75) is 18.7 Å². The van der Waals surface area contributed by atoms with Gasteiger partial charge in [-0.1, -0.05) is 0 Å². The van der Waals surface area contributed by atoms with Crippen molar-refractivity contribution in [3.63, 3.8) is 0 Å². The first-order valence-corrected chi connectivity index (χ1v) is 3.51. The molecule has 10 heavy (non-hydrogen) atoms. The molecule has 1 heterocycles. The summed E-state index contributed by atoms with van der Waals surface area (Å²) in [5.74, 6) is 0. The number of morpholine rings is 1. The zero-order chi connectivity index (χ0) is 7.61. The second-order valence-electron chi connectivity index (χ2n) is 2.93. The third-order valence-corrected chi connectivity index (χ3v) is 1.62. The Kier molecular flexibility index (Phi) is 2.25. The lowest BCUT2D eigenvalue weighted by molar-refractivity contribution is -0.0142. The largest absolute Gasteiger partial charge is 0.372 e. The van der Waals surface area contributed by atoms with Crippen LogP contribution in [0.3, 0.4) is 0 Å². The smallest absolute Gasteiger partial charge is 0.101 e. The fourth-order valence-electron chi connectivity index (χ4n) is 0.965. The molecule has 0 aliphatic carbocycles. The summed E-state index contributed by atoms with van der Waals surface area (Å²) in [4.78, 5) is 0. The minimum Gasteiger partial charge on any atom is -0.372 e. The van der Waals surface area contributed by atoms with Crippen LogP contribution in [0.1, 0.15) is 6.92 Å². The van der Waals surface area contributed by atoms with Crippen LogP contribution < -0.4 is 16.8 Å². The van der Waals surface area contributed by atoms with E-state index in [9.17, 15) is 0 Å². The van der Waals surface area contributed by atoms with Gasteiger partial charge in [-0.05, 0) is 6.92 Å². The number of ether oxygens (including phenoxy) is 1. The molecule has 0 amide bonds. The highest BCUT2D eigenvalue weighted by molar-refractivity contribution is 4.85. The average Bonchev–Trinajstić information content (AvgIpc) is 1.88. The van der Waals surface area contributed by atoms with Crippen molar-refractivity contribution in [1.82, 2.24) is 5.32 Å². The van der Waals surface area contributed by atoms with Crippen molar-refractivity contribution in [2.75, 3.05) is 19.7 Å².